The molecule has 0 radical (unpaired) electrons. The lowest BCUT2D eigenvalue weighted by molar-refractivity contribution is -0.192. The lowest BCUT2D eigenvalue weighted by Gasteiger charge is -2.37. The predicted octanol–water partition coefficient (Wildman–Crippen LogP) is 5.61. The zero-order valence-corrected chi connectivity index (χ0v) is 28.1. The number of alkyl halides is 3. The molecule has 0 bridgehead atoms. The molecule has 2 heterocycles. The van der Waals surface area contributed by atoms with Crippen molar-refractivity contribution < 1.29 is 55.2 Å². The van der Waals surface area contributed by atoms with Gasteiger partial charge in [0.15, 0.2) is 9.84 Å². The molecule has 1 N–H and O–H groups in total. The summed E-state index contributed by atoms with van der Waals surface area (Å²) < 4.78 is 80.0. The van der Waals surface area contributed by atoms with E-state index in [0.717, 1.165) is 40.8 Å². The highest BCUT2D eigenvalue weighted by Crippen LogP contribution is 2.38. The van der Waals surface area contributed by atoms with E-state index in [2.05, 4.69) is 0 Å². The average Bonchev–Trinajstić information content (AvgIpc) is 3.06. The summed E-state index contributed by atoms with van der Waals surface area (Å²) in [4.78, 5) is 25.4. The van der Waals surface area contributed by atoms with E-state index in [1.165, 1.54) is 6.26 Å². The fraction of sp³-hybridized carbons (Fsp3) is 0.412. The van der Waals surface area contributed by atoms with Gasteiger partial charge in [-0.2, -0.15) is 13.2 Å². The summed E-state index contributed by atoms with van der Waals surface area (Å²) in [5.41, 5.74) is 3.57. The van der Waals surface area contributed by atoms with Crippen molar-refractivity contribution in [2.45, 2.75) is 43.4 Å². The van der Waals surface area contributed by atoms with Crippen LogP contribution in [0.1, 0.15) is 24.0 Å². The fourth-order valence-corrected chi connectivity index (χ4v) is 5.77. The molecule has 1 amide bonds. The fourth-order valence-electron chi connectivity index (χ4n) is 5.13. The monoisotopic (exact) mass is 708 g/mol. The van der Waals surface area contributed by atoms with Crippen molar-refractivity contribution >= 4 is 21.9 Å². The molecule has 0 aromatic heterocycles. The number of likely N-dealkylation sites (tertiary alicyclic amines) is 1. The first-order valence-corrected chi connectivity index (χ1v) is 17.3. The highest BCUT2D eigenvalue weighted by Gasteiger charge is 2.38. The van der Waals surface area contributed by atoms with E-state index < -0.39 is 22.0 Å². The molecule has 11 nitrogen and oxygen atoms in total. The number of aliphatic carboxylic acids is 1. The molecule has 266 valence electrons. The number of amides is 1. The molecular formula is C34H39F3N2O9S. The van der Waals surface area contributed by atoms with Gasteiger partial charge >= 0.3 is 18.2 Å². The second kappa shape index (κ2) is 16.4. The Morgan fingerprint density at radius 1 is 1.02 bits per heavy atom. The largest absolute Gasteiger partial charge is 0.492 e. The minimum absolute atomic E-state index is 0.163. The van der Waals surface area contributed by atoms with Gasteiger partial charge in [0.1, 0.15) is 24.7 Å². The van der Waals surface area contributed by atoms with Crippen LogP contribution in [-0.2, 0) is 37.3 Å². The Hall–Kier alpha value is -4.34. The van der Waals surface area contributed by atoms with Gasteiger partial charge in [-0.05, 0) is 68.4 Å². The molecule has 15 heteroatoms. The van der Waals surface area contributed by atoms with Gasteiger partial charge in [0.25, 0.3) is 0 Å². The van der Waals surface area contributed by atoms with E-state index in [1.54, 1.807) is 23.1 Å². The first kappa shape index (κ1) is 37.5. The number of nitrogens with zero attached hydrogens (tertiary/aromatic N) is 2. The lowest BCUT2D eigenvalue weighted by Crippen LogP contribution is -2.44. The van der Waals surface area contributed by atoms with Crippen molar-refractivity contribution in [1.82, 2.24) is 9.80 Å². The predicted molar refractivity (Wildman–Crippen MR) is 173 cm³/mol. The van der Waals surface area contributed by atoms with Crippen molar-refractivity contribution in [2.24, 2.45) is 5.92 Å². The number of fused-ring (bicyclic) bond motifs is 1. The van der Waals surface area contributed by atoms with Crippen LogP contribution in [-0.4, -0.2) is 94.4 Å². The molecular weight excluding hydrogens is 669 g/mol. The van der Waals surface area contributed by atoms with Gasteiger partial charge < -0.3 is 33.9 Å². The Kier molecular flexibility index (Phi) is 12.5. The van der Waals surface area contributed by atoms with Gasteiger partial charge in [0.2, 0.25) is 6.29 Å². The van der Waals surface area contributed by atoms with Gasteiger partial charge in [-0.1, -0.05) is 36.4 Å². The summed E-state index contributed by atoms with van der Waals surface area (Å²) >= 11 is 0. The van der Waals surface area contributed by atoms with Crippen LogP contribution in [0.2, 0.25) is 0 Å². The molecule has 0 aliphatic carbocycles. The van der Waals surface area contributed by atoms with Crippen molar-refractivity contribution in [3.05, 3.63) is 77.9 Å². The molecule has 49 heavy (non-hydrogen) atoms. The van der Waals surface area contributed by atoms with E-state index >= 15 is 0 Å². The topological polar surface area (TPSA) is 132 Å². The Morgan fingerprint density at radius 3 is 2.31 bits per heavy atom. The highest BCUT2D eigenvalue weighted by atomic mass is 32.2. The average molecular weight is 709 g/mol. The normalized spacial score (nSPS) is 16.6. The molecule has 1 fully saturated rings. The number of halogens is 3. The zero-order chi connectivity index (χ0) is 35.8. The first-order valence-electron chi connectivity index (χ1n) is 15.4. The van der Waals surface area contributed by atoms with Crippen LogP contribution in [0.3, 0.4) is 0 Å². The molecule has 2 aliphatic heterocycles. The molecule has 3 aromatic carbocycles. The first-order chi connectivity index (χ1) is 23.1. The number of carboxylic acid groups (broad SMARTS) is 1. The number of carbonyl (C=O) groups excluding carboxylic acids is 1. The summed E-state index contributed by atoms with van der Waals surface area (Å²) in [6.45, 7) is 2.96. The van der Waals surface area contributed by atoms with Gasteiger partial charge in [-0.15, -0.1) is 0 Å². The van der Waals surface area contributed by atoms with Crippen LogP contribution in [0.5, 0.6) is 11.5 Å². The number of rotatable bonds is 9. The number of hydrogen-bond donors (Lipinski definition) is 1. The van der Waals surface area contributed by atoms with Crippen LogP contribution in [0.25, 0.3) is 11.1 Å². The summed E-state index contributed by atoms with van der Waals surface area (Å²) in [5, 5.41) is 7.12. The van der Waals surface area contributed by atoms with Gasteiger partial charge in [0.05, 0.1) is 11.5 Å². The molecule has 5 rings (SSSR count). The molecule has 2 aliphatic rings. The van der Waals surface area contributed by atoms with E-state index in [1.807, 2.05) is 67.5 Å². The molecule has 1 atom stereocenters. The Balaban J connectivity index is 0.000000698. The van der Waals surface area contributed by atoms with Crippen molar-refractivity contribution in [1.29, 1.82) is 0 Å². The number of carboxylic acids is 1. The van der Waals surface area contributed by atoms with E-state index in [0.29, 0.717) is 38.6 Å². The zero-order valence-electron chi connectivity index (χ0n) is 27.3. The maximum atomic E-state index is 12.5. The number of piperidine rings is 1. The van der Waals surface area contributed by atoms with Crippen LogP contribution in [0, 0.1) is 5.92 Å². The third-order valence-electron chi connectivity index (χ3n) is 7.83. The molecule has 1 saturated heterocycles. The van der Waals surface area contributed by atoms with E-state index in [9.17, 15) is 26.4 Å². The number of hydrogen-bond acceptors (Lipinski definition) is 9. The SMILES string of the molecule is CN(C)CCOc1cc(S(C)(=O)=O)ccc1-c1ccc2c(c1)COC(C1CCN(C(=O)OCc3ccccc3)CC1)O2.O=C(O)C(F)(F)F. The molecule has 1 unspecified atom stereocenters. The van der Waals surface area contributed by atoms with Crippen LogP contribution >= 0.6 is 0 Å². The van der Waals surface area contributed by atoms with Gasteiger partial charge in [-0.25, -0.2) is 18.0 Å². The molecule has 0 saturated carbocycles. The molecule has 0 spiro atoms. The third kappa shape index (κ3) is 10.8. The van der Waals surface area contributed by atoms with Crippen LogP contribution in [0.15, 0.2) is 71.6 Å². The second-order valence-electron chi connectivity index (χ2n) is 11.9. The van der Waals surface area contributed by atoms with Crippen LogP contribution in [0.4, 0.5) is 18.0 Å². The minimum atomic E-state index is -5.08. The van der Waals surface area contributed by atoms with Gasteiger partial charge in [-0.3, -0.25) is 0 Å². The van der Waals surface area contributed by atoms with Crippen molar-refractivity contribution in [2.75, 3.05) is 46.6 Å². The smallest absolute Gasteiger partial charge is 0.490 e. The maximum Gasteiger partial charge on any atom is 0.490 e. The molecule has 3 aromatic rings. The number of ether oxygens (including phenoxy) is 4. The van der Waals surface area contributed by atoms with E-state index in [-0.39, 0.29) is 29.8 Å². The Bertz CT molecular complexity index is 1690. The summed E-state index contributed by atoms with van der Waals surface area (Å²) in [5.74, 6) is -1.31. The van der Waals surface area contributed by atoms with Crippen molar-refractivity contribution in [3.63, 3.8) is 0 Å². The quantitative estimate of drug-likeness (QED) is 0.299. The number of sulfone groups is 1. The second-order valence-corrected chi connectivity index (χ2v) is 13.9. The lowest BCUT2D eigenvalue weighted by atomic mass is 9.95. The third-order valence-corrected chi connectivity index (χ3v) is 8.94. The Labute approximate surface area is 283 Å². The number of benzene rings is 3. The van der Waals surface area contributed by atoms with Gasteiger partial charge in [0, 0.05) is 42.9 Å². The summed E-state index contributed by atoms with van der Waals surface area (Å²) in [7, 11) is 0.535. The minimum Gasteiger partial charge on any atom is -0.492 e. The maximum absolute atomic E-state index is 12.5. The van der Waals surface area contributed by atoms with E-state index in [4.69, 9.17) is 28.8 Å². The summed E-state index contributed by atoms with van der Waals surface area (Å²) in [6, 6.07) is 20.5. The van der Waals surface area contributed by atoms with Crippen LogP contribution < -0.4 is 9.47 Å². The highest BCUT2D eigenvalue weighted by molar-refractivity contribution is 7.90. The number of likely N-dealkylation sites (N-methyl/N-ethyl adjacent to an activating group) is 1. The summed E-state index contributed by atoms with van der Waals surface area (Å²) in [6.07, 6.45) is -3.05. The standard InChI is InChI=1S/C32H38N2O7S.C2HF3O2/c1-33(2)17-18-38-30-20-27(42(3,36)37)10-11-28(30)25-9-12-29-26(19-25)22-39-31(41-29)24-13-15-34(16-14-24)32(35)40-21-23-7-5-4-6-8-23;3-2(4,5)1(6)7/h4-12,19-20,24,31H,13-18,21-22H2,1-3H3;(H,6,7). The number of carbonyl (C=O) groups is 2. The van der Waals surface area contributed by atoms with Crippen molar-refractivity contribution in [3.8, 4) is 22.6 Å². The Morgan fingerprint density at radius 2 is 1.69 bits per heavy atom.